The molecule has 50 valence electrons. The van der Waals surface area contributed by atoms with Gasteiger partial charge in [0.25, 0.3) is 0 Å². The van der Waals surface area contributed by atoms with Crippen molar-refractivity contribution in [2.45, 2.75) is 12.8 Å². The largest absolute Gasteiger partial charge is 1.00 e. The van der Waals surface area contributed by atoms with Crippen molar-refractivity contribution in [2.75, 3.05) is 11.5 Å². The molecule has 0 aromatic carbocycles. The number of hydrogen-bond donors (Lipinski definition) is 0. The Morgan fingerprint density at radius 2 is 1.33 bits per heavy atom. The van der Waals surface area contributed by atoms with Crippen molar-refractivity contribution in [3.05, 3.63) is 0 Å². The summed E-state index contributed by atoms with van der Waals surface area (Å²) in [6.07, 6.45) is 1.75. The molecule has 0 atom stereocenters. The third kappa shape index (κ3) is 4.86. The monoisotopic (exact) mass is 178 g/mol. The van der Waals surface area contributed by atoms with Crippen molar-refractivity contribution in [2.24, 2.45) is 0 Å². The molecule has 0 saturated carbocycles. The van der Waals surface area contributed by atoms with Gasteiger partial charge < -0.3 is 4.70 Å². The van der Waals surface area contributed by atoms with Crippen LogP contribution in [0.15, 0.2) is 0 Å². The van der Waals surface area contributed by atoms with Crippen molar-refractivity contribution < 1.29 is 64.5 Å². The molecule has 0 aromatic rings. The molecule has 0 amide bonds. The SMILES string of the molecule is O=S1(=O)CCCC1.[F-].[K+]. The van der Waals surface area contributed by atoms with E-state index in [1.54, 1.807) is 0 Å². The molecule has 0 bridgehead atoms. The van der Waals surface area contributed by atoms with Gasteiger partial charge in [-0.2, -0.15) is 0 Å². The summed E-state index contributed by atoms with van der Waals surface area (Å²) in [7, 11) is -2.55. The van der Waals surface area contributed by atoms with Crippen LogP contribution in [0.5, 0.6) is 0 Å². The van der Waals surface area contributed by atoms with Crippen LogP contribution >= 0.6 is 0 Å². The van der Waals surface area contributed by atoms with Crippen molar-refractivity contribution >= 4 is 9.84 Å². The van der Waals surface area contributed by atoms with Gasteiger partial charge in [0.15, 0.2) is 0 Å². The molecular weight excluding hydrogens is 170 g/mol. The van der Waals surface area contributed by atoms with E-state index in [-0.39, 0.29) is 56.1 Å². The van der Waals surface area contributed by atoms with Gasteiger partial charge in [0.05, 0.1) is 11.5 Å². The van der Waals surface area contributed by atoms with Crippen LogP contribution in [0.3, 0.4) is 0 Å². The summed E-state index contributed by atoms with van der Waals surface area (Å²) in [4.78, 5) is 0. The third-order valence-corrected chi connectivity index (χ3v) is 2.98. The quantitative estimate of drug-likeness (QED) is 0.346. The van der Waals surface area contributed by atoms with Crippen LogP contribution in [0.2, 0.25) is 0 Å². The summed E-state index contributed by atoms with van der Waals surface area (Å²) in [5, 5.41) is 0. The summed E-state index contributed by atoms with van der Waals surface area (Å²) in [6, 6.07) is 0. The molecule has 0 unspecified atom stereocenters. The molecule has 1 fully saturated rings. The van der Waals surface area contributed by atoms with E-state index >= 15 is 0 Å². The van der Waals surface area contributed by atoms with E-state index in [2.05, 4.69) is 0 Å². The van der Waals surface area contributed by atoms with Crippen LogP contribution < -0.4 is 56.1 Å². The molecule has 0 radical (unpaired) electrons. The molecule has 0 N–H and O–H groups in total. The summed E-state index contributed by atoms with van der Waals surface area (Å²) >= 11 is 0. The molecular formula is C4H8FKO2S. The van der Waals surface area contributed by atoms with Crippen molar-refractivity contribution in [1.82, 2.24) is 0 Å². The van der Waals surface area contributed by atoms with Gasteiger partial charge in [-0.05, 0) is 12.8 Å². The molecule has 0 aliphatic carbocycles. The standard InChI is InChI=1S/C4H8O2S.FH.K/c5-7(6)3-1-2-4-7;;/h1-4H2;1H;/q;;+1/p-1. The van der Waals surface area contributed by atoms with E-state index in [0.29, 0.717) is 11.5 Å². The van der Waals surface area contributed by atoms with Crippen LogP contribution in [-0.4, -0.2) is 19.9 Å². The summed E-state index contributed by atoms with van der Waals surface area (Å²) in [5.41, 5.74) is 0. The molecule has 1 heterocycles. The fourth-order valence-electron chi connectivity index (χ4n) is 0.746. The van der Waals surface area contributed by atoms with Crippen LogP contribution in [0.1, 0.15) is 12.8 Å². The minimum Gasteiger partial charge on any atom is -1.00 e. The Kier molecular flexibility index (Phi) is 7.59. The van der Waals surface area contributed by atoms with Gasteiger partial charge in [-0.15, -0.1) is 0 Å². The zero-order valence-corrected chi connectivity index (χ0v) is 9.37. The topological polar surface area (TPSA) is 34.1 Å². The van der Waals surface area contributed by atoms with Gasteiger partial charge >= 0.3 is 51.4 Å². The first kappa shape index (κ1) is 13.1. The first-order valence-electron chi connectivity index (χ1n) is 2.41. The Morgan fingerprint density at radius 1 is 1.00 bits per heavy atom. The molecule has 0 aromatic heterocycles. The van der Waals surface area contributed by atoms with Crippen LogP contribution in [0.25, 0.3) is 0 Å². The fraction of sp³-hybridized carbons (Fsp3) is 1.00. The number of hydrogen-bond acceptors (Lipinski definition) is 2. The van der Waals surface area contributed by atoms with E-state index < -0.39 is 9.84 Å². The van der Waals surface area contributed by atoms with Crippen LogP contribution in [-0.2, 0) is 9.84 Å². The average Bonchev–Trinajstić information content (AvgIpc) is 1.84. The van der Waals surface area contributed by atoms with E-state index in [9.17, 15) is 8.42 Å². The predicted octanol–water partition coefficient (Wildman–Crippen LogP) is -5.80. The van der Waals surface area contributed by atoms with Crippen molar-refractivity contribution in [3.63, 3.8) is 0 Å². The van der Waals surface area contributed by atoms with Gasteiger partial charge in [0, 0.05) is 0 Å². The Hall–Kier alpha value is 1.52. The first-order chi connectivity index (χ1) is 3.21. The zero-order chi connectivity index (χ0) is 5.33. The molecule has 1 rings (SSSR count). The summed E-state index contributed by atoms with van der Waals surface area (Å²) < 4.78 is 20.9. The number of sulfone groups is 1. The summed E-state index contributed by atoms with van der Waals surface area (Å²) in [5.74, 6) is 0.847. The van der Waals surface area contributed by atoms with Crippen LogP contribution in [0, 0.1) is 0 Å². The van der Waals surface area contributed by atoms with Gasteiger partial charge in [0.2, 0.25) is 0 Å². The maximum absolute atomic E-state index is 10.4. The maximum Gasteiger partial charge on any atom is 1.00 e. The second-order valence-electron chi connectivity index (χ2n) is 1.86. The second kappa shape index (κ2) is 5.20. The molecule has 1 aliphatic rings. The minimum absolute atomic E-state index is 0. The Balaban J connectivity index is 0. The van der Waals surface area contributed by atoms with Gasteiger partial charge in [-0.3, -0.25) is 0 Å². The zero-order valence-electron chi connectivity index (χ0n) is 5.43. The van der Waals surface area contributed by atoms with Crippen molar-refractivity contribution in [3.8, 4) is 0 Å². The minimum atomic E-state index is -2.55. The molecule has 1 aliphatic heterocycles. The van der Waals surface area contributed by atoms with Crippen LogP contribution in [0.4, 0.5) is 0 Å². The second-order valence-corrected chi connectivity index (χ2v) is 4.16. The van der Waals surface area contributed by atoms with E-state index in [1.807, 2.05) is 0 Å². The first-order valence-corrected chi connectivity index (χ1v) is 4.23. The Labute approximate surface area is 97.1 Å². The number of rotatable bonds is 0. The fourth-order valence-corrected chi connectivity index (χ4v) is 2.24. The molecule has 1 saturated heterocycles. The number of halogens is 1. The van der Waals surface area contributed by atoms with E-state index in [0.717, 1.165) is 12.8 Å². The van der Waals surface area contributed by atoms with Gasteiger partial charge in [-0.25, -0.2) is 8.42 Å². The van der Waals surface area contributed by atoms with E-state index in [4.69, 9.17) is 0 Å². The molecule has 0 spiro atoms. The Bertz CT molecular complexity index is 142. The molecule has 9 heavy (non-hydrogen) atoms. The van der Waals surface area contributed by atoms with Gasteiger partial charge in [-0.1, -0.05) is 0 Å². The smallest absolute Gasteiger partial charge is 1.00 e. The van der Waals surface area contributed by atoms with E-state index in [1.165, 1.54) is 0 Å². The molecule has 2 nitrogen and oxygen atoms in total. The maximum atomic E-state index is 10.4. The normalized spacial score (nSPS) is 21.8. The van der Waals surface area contributed by atoms with Gasteiger partial charge in [0.1, 0.15) is 9.84 Å². The summed E-state index contributed by atoms with van der Waals surface area (Å²) in [6.45, 7) is 0. The average molecular weight is 178 g/mol. The Morgan fingerprint density at radius 3 is 1.44 bits per heavy atom. The van der Waals surface area contributed by atoms with Crippen molar-refractivity contribution in [1.29, 1.82) is 0 Å². The molecule has 5 heteroatoms. The third-order valence-electron chi connectivity index (χ3n) is 1.16. The predicted molar refractivity (Wildman–Crippen MR) is 27.9 cm³/mol.